The van der Waals surface area contributed by atoms with E-state index in [1.165, 1.54) is 21.5 Å². The summed E-state index contributed by atoms with van der Waals surface area (Å²) >= 11 is 0. The number of hydrogen-bond acceptors (Lipinski definition) is 5. The molecule has 0 radical (unpaired) electrons. The molecule has 11 aromatic rings. The molecule has 0 amide bonds. The number of nitrogens with zero attached hydrogens (tertiary/aromatic N) is 5. The molecule has 0 spiro atoms. The molecule has 0 fully saturated rings. The number of hydrogen-bond donors (Lipinski definition) is 0. The van der Waals surface area contributed by atoms with Crippen molar-refractivity contribution in [3.05, 3.63) is 176 Å². The van der Waals surface area contributed by atoms with E-state index in [1.807, 2.05) is 30.5 Å². The van der Waals surface area contributed by atoms with Crippen molar-refractivity contribution in [3.8, 4) is 51.0 Å². The Balaban J connectivity index is 1.09. The highest BCUT2D eigenvalue weighted by Gasteiger charge is 2.19. The van der Waals surface area contributed by atoms with Crippen molar-refractivity contribution >= 4 is 54.5 Å². The van der Waals surface area contributed by atoms with Crippen LogP contribution in [0.1, 0.15) is 0 Å². The van der Waals surface area contributed by atoms with E-state index in [4.69, 9.17) is 19.4 Å². The normalized spacial score (nSPS) is 11.7. The lowest BCUT2D eigenvalue weighted by Gasteiger charge is -2.12. The van der Waals surface area contributed by atoms with Crippen LogP contribution in [0.15, 0.2) is 181 Å². The van der Waals surface area contributed by atoms with Gasteiger partial charge in [-0.15, -0.1) is 0 Å². The molecule has 0 saturated heterocycles. The van der Waals surface area contributed by atoms with Crippen LogP contribution in [-0.2, 0) is 0 Å². The summed E-state index contributed by atoms with van der Waals surface area (Å²) in [4.78, 5) is 19.9. The van der Waals surface area contributed by atoms with E-state index < -0.39 is 0 Å². The monoisotopic (exact) mass is 691 g/mol. The number of aromatic nitrogens is 5. The first-order valence-corrected chi connectivity index (χ1v) is 18.0. The van der Waals surface area contributed by atoms with Gasteiger partial charge in [-0.3, -0.25) is 4.98 Å². The zero-order chi connectivity index (χ0) is 35.6. The topological polar surface area (TPSA) is 69.6 Å². The van der Waals surface area contributed by atoms with E-state index in [1.54, 1.807) is 6.20 Å². The van der Waals surface area contributed by atoms with Crippen molar-refractivity contribution < 1.29 is 4.42 Å². The summed E-state index contributed by atoms with van der Waals surface area (Å²) < 4.78 is 8.55. The number of pyridine rings is 1. The Morgan fingerprint density at radius 1 is 0.426 bits per heavy atom. The molecule has 11 rings (SSSR count). The Kier molecular flexibility index (Phi) is 6.75. The second-order valence-corrected chi connectivity index (χ2v) is 13.5. The molecule has 6 nitrogen and oxygen atoms in total. The van der Waals surface area contributed by atoms with E-state index in [0.29, 0.717) is 17.5 Å². The average Bonchev–Trinajstić information content (AvgIpc) is 3.80. The van der Waals surface area contributed by atoms with Gasteiger partial charge < -0.3 is 8.98 Å². The maximum atomic E-state index is 6.24. The van der Waals surface area contributed by atoms with Crippen LogP contribution < -0.4 is 0 Å². The first-order valence-electron chi connectivity index (χ1n) is 18.0. The minimum absolute atomic E-state index is 0.563. The maximum Gasteiger partial charge on any atom is 0.164 e. The van der Waals surface area contributed by atoms with Crippen LogP contribution in [0.25, 0.3) is 105 Å². The minimum atomic E-state index is 0.563. The Morgan fingerprint density at radius 3 is 1.91 bits per heavy atom. The molecule has 0 N–H and O–H groups in total. The summed E-state index contributed by atoms with van der Waals surface area (Å²) in [5.74, 6) is 1.73. The molecule has 0 aliphatic heterocycles. The summed E-state index contributed by atoms with van der Waals surface area (Å²) in [6, 6.07) is 56.9. The number of benzene rings is 7. The second-order valence-electron chi connectivity index (χ2n) is 13.5. The first-order chi connectivity index (χ1) is 26.7. The number of furan rings is 1. The van der Waals surface area contributed by atoms with Crippen LogP contribution in [0, 0.1) is 0 Å². The van der Waals surface area contributed by atoms with Crippen molar-refractivity contribution in [2.45, 2.75) is 0 Å². The van der Waals surface area contributed by atoms with Crippen molar-refractivity contribution in [3.63, 3.8) is 0 Å². The fraction of sp³-hybridized carbons (Fsp3) is 0. The van der Waals surface area contributed by atoms with E-state index in [2.05, 4.69) is 149 Å². The van der Waals surface area contributed by atoms with Crippen molar-refractivity contribution in [2.75, 3.05) is 0 Å². The maximum absolute atomic E-state index is 6.24. The Bertz CT molecular complexity index is 3180. The molecule has 252 valence electrons. The number of fused-ring (bicyclic) bond motifs is 7. The van der Waals surface area contributed by atoms with Gasteiger partial charge in [0.15, 0.2) is 17.5 Å². The second kappa shape index (κ2) is 12.1. The molecule has 0 aliphatic carbocycles. The number of para-hydroxylation sites is 2. The lowest BCUT2D eigenvalue weighted by molar-refractivity contribution is 0.668. The van der Waals surface area contributed by atoms with Crippen LogP contribution in [0.5, 0.6) is 0 Å². The van der Waals surface area contributed by atoms with Crippen LogP contribution in [0.2, 0.25) is 0 Å². The molecule has 4 aromatic heterocycles. The molecule has 0 bridgehead atoms. The van der Waals surface area contributed by atoms with Gasteiger partial charge in [-0.2, -0.15) is 0 Å². The standard InChI is InChI=1S/C48H29N5O/c1-2-10-33-27-34(24-21-30(33)9-1)31-19-22-32(23-20-31)46-50-47(52-48(51-46)39-15-8-18-44-45(39)40-29-49-26-25-43(40)54-44)35-11-7-12-36(28-35)53-41-16-5-3-13-37(41)38-14-4-6-17-42(38)53/h1-29H. The molecule has 0 saturated carbocycles. The molecule has 7 aromatic carbocycles. The van der Waals surface area contributed by atoms with Gasteiger partial charge >= 0.3 is 0 Å². The molecule has 0 aliphatic rings. The van der Waals surface area contributed by atoms with Gasteiger partial charge in [0.25, 0.3) is 0 Å². The predicted octanol–water partition coefficient (Wildman–Crippen LogP) is 12.1. The summed E-state index contributed by atoms with van der Waals surface area (Å²) in [5.41, 5.74) is 9.77. The van der Waals surface area contributed by atoms with Crippen LogP contribution in [0.3, 0.4) is 0 Å². The fourth-order valence-electron chi connectivity index (χ4n) is 7.78. The Morgan fingerprint density at radius 2 is 1.09 bits per heavy atom. The van der Waals surface area contributed by atoms with E-state index >= 15 is 0 Å². The summed E-state index contributed by atoms with van der Waals surface area (Å²) in [6.07, 6.45) is 3.59. The third-order valence-corrected chi connectivity index (χ3v) is 10.3. The minimum Gasteiger partial charge on any atom is -0.456 e. The van der Waals surface area contributed by atoms with Gasteiger partial charge in [0.1, 0.15) is 11.2 Å². The molecule has 4 heterocycles. The van der Waals surface area contributed by atoms with Gasteiger partial charge in [0, 0.05) is 56.3 Å². The van der Waals surface area contributed by atoms with Crippen molar-refractivity contribution in [2.24, 2.45) is 0 Å². The van der Waals surface area contributed by atoms with E-state index in [9.17, 15) is 0 Å². The van der Waals surface area contributed by atoms with Crippen LogP contribution in [0.4, 0.5) is 0 Å². The highest BCUT2D eigenvalue weighted by atomic mass is 16.3. The average molecular weight is 692 g/mol. The molecule has 0 unspecified atom stereocenters. The molecule has 6 heteroatoms. The lowest BCUT2D eigenvalue weighted by Crippen LogP contribution is -2.01. The largest absolute Gasteiger partial charge is 0.456 e. The van der Waals surface area contributed by atoms with Gasteiger partial charge in [-0.05, 0) is 64.4 Å². The molecular weight excluding hydrogens is 663 g/mol. The van der Waals surface area contributed by atoms with Gasteiger partial charge in [-0.25, -0.2) is 15.0 Å². The van der Waals surface area contributed by atoms with Gasteiger partial charge in [0.2, 0.25) is 0 Å². The van der Waals surface area contributed by atoms with E-state index in [0.717, 1.165) is 66.5 Å². The Labute approximate surface area is 309 Å². The highest BCUT2D eigenvalue weighted by molar-refractivity contribution is 6.12. The summed E-state index contributed by atoms with van der Waals surface area (Å²) in [5, 5.41) is 6.70. The van der Waals surface area contributed by atoms with Gasteiger partial charge in [0.05, 0.1) is 11.0 Å². The third-order valence-electron chi connectivity index (χ3n) is 10.3. The van der Waals surface area contributed by atoms with Crippen LogP contribution in [-0.4, -0.2) is 24.5 Å². The first kappa shape index (κ1) is 30.2. The van der Waals surface area contributed by atoms with Gasteiger partial charge in [-0.1, -0.05) is 121 Å². The summed E-state index contributed by atoms with van der Waals surface area (Å²) in [7, 11) is 0. The SMILES string of the molecule is c1cc(-c2nc(-c3ccc(-c4ccc5ccccc5c4)cc3)nc(-c3cccc4oc5ccncc5c34)n2)cc(-n2c3ccccc3c3ccccc32)c1. The summed E-state index contributed by atoms with van der Waals surface area (Å²) in [6.45, 7) is 0. The van der Waals surface area contributed by atoms with Crippen LogP contribution >= 0.6 is 0 Å². The van der Waals surface area contributed by atoms with Crippen molar-refractivity contribution in [1.29, 1.82) is 0 Å². The quantitative estimate of drug-likeness (QED) is 0.180. The van der Waals surface area contributed by atoms with Crippen molar-refractivity contribution in [1.82, 2.24) is 24.5 Å². The molecule has 0 atom stereocenters. The lowest BCUT2D eigenvalue weighted by atomic mass is 10.00. The zero-order valence-electron chi connectivity index (χ0n) is 28.9. The van der Waals surface area contributed by atoms with E-state index in [-0.39, 0.29) is 0 Å². The Hall–Kier alpha value is -7.44. The number of rotatable bonds is 5. The predicted molar refractivity (Wildman–Crippen MR) is 218 cm³/mol. The zero-order valence-corrected chi connectivity index (χ0v) is 28.9. The highest BCUT2D eigenvalue weighted by Crippen LogP contribution is 2.37. The molecular formula is C48H29N5O. The smallest absolute Gasteiger partial charge is 0.164 e. The third kappa shape index (κ3) is 4.89. The fourth-order valence-corrected chi connectivity index (χ4v) is 7.78. The molecule has 54 heavy (non-hydrogen) atoms.